The van der Waals surface area contributed by atoms with Crippen molar-refractivity contribution in [1.29, 1.82) is 0 Å². The van der Waals surface area contributed by atoms with Crippen molar-refractivity contribution in [3.8, 4) is 11.5 Å². The van der Waals surface area contributed by atoms with Crippen LogP contribution < -0.4 is 9.47 Å². The van der Waals surface area contributed by atoms with Gasteiger partial charge in [0.25, 0.3) is 5.91 Å². The summed E-state index contributed by atoms with van der Waals surface area (Å²) in [6.07, 6.45) is 1.87. The fourth-order valence-electron chi connectivity index (χ4n) is 3.15. The Balaban J connectivity index is 1.63. The van der Waals surface area contributed by atoms with E-state index in [1.807, 2.05) is 17.0 Å². The van der Waals surface area contributed by atoms with Crippen LogP contribution in [0.3, 0.4) is 0 Å². The zero-order valence-electron chi connectivity index (χ0n) is 14.3. The zero-order valence-corrected chi connectivity index (χ0v) is 14.3. The molecule has 132 valence electrons. The molecule has 0 spiro atoms. The Labute approximate surface area is 147 Å². The molecule has 25 heavy (non-hydrogen) atoms. The Bertz CT molecular complexity index is 734. The molecule has 2 aromatic rings. The van der Waals surface area contributed by atoms with Crippen molar-refractivity contribution < 1.29 is 18.7 Å². The van der Waals surface area contributed by atoms with Crippen molar-refractivity contribution in [2.75, 3.05) is 26.8 Å². The second-order valence-corrected chi connectivity index (χ2v) is 6.20. The van der Waals surface area contributed by atoms with Crippen molar-refractivity contribution in [1.82, 2.24) is 4.90 Å². The highest BCUT2D eigenvalue weighted by molar-refractivity contribution is 5.97. The van der Waals surface area contributed by atoms with E-state index in [-0.39, 0.29) is 23.4 Å². The summed E-state index contributed by atoms with van der Waals surface area (Å²) in [5, 5.41) is 0. The Morgan fingerprint density at radius 2 is 1.88 bits per heavy atom. The molecular formula is C20H22FNO3. The lowest BCUT2D eigenvalue weighted by molar-refractivity contribution is 0.0628. The van der Waals surface area contributed by atoms with E-state index in [2.05, 4.69) is 0 Å². The van der Waals surface area contributed by atoms with Crippen LogP contribution in [-0.2, 0) is 0 Å². The summed E-state index contributed by atoms with van der Waals surface area (Å²) in [5.74, 6) is 0.633. The van der Waals surface area contributed by atoms with Gasteiger partial charge in [-0.2, -0.15) is 0 Å². The van der Waals surface area contributed by atoms with Crippen molar-refractivity contribution in [3.05, 3.63) is 59.9 Å². The molecule has 1 aliphatic heterocycles. The number of ether oxygens (including phenoxy) is 2. The zero-order chi connectivity index (χ0) is 17.6. The molecule has 1 fully saturated rings. The molecule has 3 rings (SSSR count). The number of carbonyl (C=O) groups excluding carboxylic acids is 1. The minimum atomic E-state index is -0.361. The fourth-order valence-corrected chi connectivity index (χ4v) is 3.15. The lowest BCUT2D eigenvalue weighted by Gasteiger charge is -2.33. The molecule has 2 aromatic carbocycles. The average molecular weight is 343 g/mol. The minimum absolute atomic E-state index is 0.0342. The number of halogens is 1. The number of hydrogen-bond donors (Lipinski definition) is 0. The van der Waals surface area contributed by atoms with Gasteiger partial charge in [0.05, 0.1) is 19.3 Å². The molecular weight excluding hydrogens is 321 g/mol. The summed E-state index contributed by atoms with van der Waals surface area (Å²) < 4.78 is 24.6. The van der Waals surface area contributed by atoms with Gasteiger partial charge < -0.3 is 14.4 Å². The molecule has 1 unspecified atom stereocenters. The quantitative estimate of drug-likeness (QED) is 0.830. The number of hydrogen-bond acceptors (Lipinski definition) is 3. The van der Waals surface area contributed by atoms with Crippen LogP contribution in [0.4, 0.5) is 4.39 Å². The van der Waals surface area contributed by atoms with Crippen molar-refractivity contribution in [2.24, 2.45) is 5.92 Å². The number of piperidine rings is 1. The monoisotopic (exact) mass is 343 g/mol. The second-order valence-electron chi connectivity index (χ2n) is 6.20. The molecule has 0 aliphatic carbocycles. The number of methoxy groups -OCH3 is 1. The van der Waals surface area contributed by atoms with Crippen molar-refractivity contribution in [3.63, 3.8) is 0 Å². The SMILES string of the molecule is COc1ccccc1C(=O)N1CCCC(COc2ccccc2F)C1. The van der Waals surface area contributed by atoms with Gasteiger partial charge in [0.1, 0.15) is 5.75 Å². The molecule has 1 aliphatic rings. The van der Waals surface area contributed by atoms with Gasteiger partial charge in [-0.15, -0.1) is 0 Å². The highest BCUT2D eigenvalue weighted by Crippen LogP contribution is 2.24. The van der Waals surface area contributed by atoms with E-state index < -0.39 is 0 Å². The Morgan fingerprint density at radius 1 is 1.16 bits per heavy atom. The molecule has 0 radical (unpaired) electrons. The number of para-hydroxylation sites is 2. The molecule has 0 saturated carbocycles. The first-order valence-electron chi connectivity index (χ1n) is 8.48. The van der Waals surface area contributed by atoms with Crippen LogP contribution in [0.15, 0.2) is 48.5 Å². The maximum absolute atomic E-state index is 13.7. The minimum Gasteiger partial charge on any atom is -0.496 e. The summed E-state index contributed by atoms with van der Waals surface area (Å²) >= 11 is 0. The summed E-state index contributed by atoms with van der Waals surface area (Å²) in [6.45, 7) is 1.72. The standard InChI is InChI=1S/C20H22FNO3/c1-24-18-10-4-2-8-16(18)20(23)22-12-6-7-15(13-22)14-25-19-11-5-3-9-17(19)21/h2-5,8-11,15H,6-7,12-14H2,1H3. The fraction of sp³-hybridized carbons (Fsp3) is 0.350. The van der Waals surface area contributed by atoms with Crippen LogP contribution >= 0.6 is 0 Å². The van der Waals surface area contributed by atoms with Gasteiger partial charge >= 0.3 is 0 Å². The van der Waals surface area contributed by atoms with Crippen LogP contribution in [0.1, 0.15) is 23.2 Å². The number of carbonyl (C=O) groups is 1. The van der Waals surface area contributed by atoms with Gasteiger partial charge in [-0.25, -0.2) is 4.39 Å². The van der Waals surface area contributed by atoms with Crippen LogP contribution in [0, 0.1) is 11.7 Å². The number of amides is 1. The topological polar surface area (TPSA) is 38.8 Å². The molecule has 0 aromatic heterocycles. The molecule has 0 bridgehead atoms. The lowest BCUT2D eigenvalue weighted by atomic mass is 9.98. The number of benzene rings is 2. The van der Waals surface area contributed by atoms with Gasteiger partial charge in [0, 0.05) is 19.0 Å². The maximum Gasteiger partial charge on any atom is 0.257 e. The first-order chi connectivity index (χ1) is 12.2. The summed E-state index contributed by atoms with van der Waals surface area (Å²) in [4.78, 5) is 14.6. The summed E-state index contributed by atoms with van der Waals surface area (Å²) in [6, 6.07) is 13.6. The highest BCUT2D eigenvalue weighted by Gasteiger charge is 2.26. The molecule has 0 N–H and O–H groups in total. The predicted molar refractivity (Wildman–Crippen MR) is 93.5 cm³/mol. The predicted octanol–water partition coefficient (Wildman–Crippen LogP) is 3.77. The average Bonchev–Trinajstić information content (AvgIpc) is 2.67. The van der Waals surface area contributed by atoms with E-state index >= 15 is 0 Å². The van der Waals surface area contributed by atoms with E-state index in [1.165, 1.54) is 6.07 Å². The first-order valence-corrected chi connectivity index (χ1v) is 8.48. The van der Waals surface area contributed by atoms with Crippen LogP contribution in [0.5, 0.6) is 11.5 Å². The van der Waals surface area contributed by atoms with Gasteiger partial charge in [-0.3, -0.25) is 4.79 Å². The number of nitrogens with zero attached hydrogens (tertiary/aromatic N) is 1. The normalized spacial score (nSPS) is 17.2. The van der Waals surface area contributed by atoms with E-state index in [4.69, 9.17) is 9.47 Å². The van der Waals surface area contributed by atoms with Gasteiger partial charge in [0.2, 0.25) is 0 Å². The van der Waals surface area contributed by atoms with E-state index in [1.54, 1.807) is 37.4 Å². The van der Waals surface area contributed by atoms with Gasteiger partial charge in [0.15, 0.2) is 11.6 Å². The second kappa shape index (κ2) is 8.01. The van der Waals surface area contributed by atoms with Gasteiger partial charge in [-0.1, -0.05) is 24.3 Å². The van der Waals surface area contributed by atoms with Crippen LogP contribution in [0.2, 0.25) is 0 Å². The number of rotatable bonds is 5. The first kappa shape index (κ1) is 17.3. The van der Waals surface area contributed by atoms with Crippen LogP contribution in [0.25, 0.3) is 0 Å². The van der Waals surface area contributed by atoms with E-state index in [9.17, 15) is 9.18 Å². The molecule has 1 saturated heterocycles. The van der Waals surface area contributed by atoms with Crippen molar-refractivity contribution in [2.45, 2.75) is 12.8 Å². The summed E-state index contributed by atoms with van der Waals surface area (Å²) in [5.41, 5.74) is 0.570. The number of likely N-dealkylation sites (tertiary alicyclic amines) is 1. The molecule has 4 nitrogen and oxygen atoms in total. The van der Waals surface area contributed by atoms with Gasteiger partial charge in [-0.05, 0) is 37.1 Å². The highest BCUT2D eigenvalue weighted by atomic mass is 19.1. The third-order valence-electron chi connectivity index (χ3n) is 4.45. The summed E-state index contributed by atoms with van der Waals surface area (Å²) in [7, 11) is 1.56. The molecule has 1 heterocycles. The van der Waals surface area contributed by atoms with Crippen LogP contribution in [-0.4, -0.2) is 37.6 Å². The Kier molecular flexibility index (Phi) is 5.53. The Morgan fingerprint density at radius 3 is 2.64 bits per heavy atom. The third kappa shape index (κ3) is 4.10. The van der Waals surface area contributed by atoms with E-state index in [0.29, 0.717) is 31.0 Å². The maximum atomic E-state index is 13.7. The molecule has 5 heteroatoms. The van der Waals surface area contributed by atoms with Crippen molar-refractivity contribution >= 4 is 5.91 Å². The molecule has 1 atom stereocenters. The Hall–Kier alpha value is -2.56. The molecule has 1 amide bonds. The smallest absolute Gasteiger partial charge is 0.257 e. The van der Waals surface area contributed by atoms with E-state index in [0.717, 1.165) is 12.8 Å². The third-order valence-corrected chi connectivity index (χ3v) is 4.45. The lowest BCUT2D eigenvalue weighted by Crippen LogP contribution is -2.41. The largest absolute Gasteiger partial charge is 0.496 e.